The molecule has 29 heavy (non-hydrogen) atoms. The molecular formula is C25H40F2O2. The first-order valence-electron chi connectivity index (χ1n) is 11.9. The Morgan fingerprint density at radius 1 is 1.07 bits per heavy atom. The smallest absolute Gasteiger partial charge is 0.275 e. The Bertz CT molecular complexity index is 666. The van der Waals surface area contributed by atoms with Gasteiger partial charge in [0.05, 0.1) is 6.10 Å². The Labute approximate surface area is 175 Å². The lowest BCUT2D eigenvalue weighted by molar-refractivity contribution is -0.169. The molecule has 3 fully saturated rings. The summed E-state index contributed by atoms with van der Waals surface area (Å²) >= 11 is 0. The Kier molecular flexibility index (Phi) is 5.26. The first-order valence-corrected chi connectivity index (χ1v) is 11.9. The molecule has 7 atom stereocenters. The summed E-state index contributed by atoms with van der Waals surface area (Å²) in [5, 5.41) is 20.0. The lowest BCUT2D eigenvalue weighted by Crippen LogP contribution is -2.50. The standard InChI is InChI=1S/C25H40F2O2/c1-22(2,29)25(26,27)14-9-16-6-8-20-19-7-5-17-15-18(28)10-12-24(17,4)21(19)11-13-23(16,20)3/h5,16,18-21,28-29H,6-15H2,1-4H3/t16?,18?,19-,20?,21?,23+,24?/m0/s1. The number of hydrogen-bond donors (Lipinski definition) is 2. The van der Waals surface area contributed by atoms with E-state index < -0.39 is 11.5 Å². The summed E-state index contributed by atoms with van der Waals surface area (Å²) in [6.07, 6.45) is 11.1. The molecule has 0 saturated heterocycles. The van der Waals surface area contributed by atoms with Crippen LogP contribution < -0.4 is 0 Å². The largest absolute Gasteiger partial charge is 0.393 e. The highest BCUT2D eigenvalue weighted by atomic mass is 19.3. The second-order valence-electron chi connectivity index (χ2n) is 11.8. The van der Waals surface area contributed by atoms with Gasteiger partial charge in [0.2, 0.25) is 0 Å². The lowest BCUT2D eigenvalue weighted by atomic mass is 9.47. The second kappa shape index (κ2) is 7.02. The van der Waals surface area contributed by atoms with Gasteiger partial charge in [0.15, 0.2) is 0 Å². The molecule has 0 radical (unpaired) electrons. The van der Waals surface area contributed by atoms with Crippen molar-refractivity contribution in [3.05, 3.63) is 11.6 Å². The molecule has 0 aromatic heterocycles. The zero-order valence-electron chi connectivity index (χ0n) is 18.7. The molecule has 5 unspecified atom stereocenters. The normalized spacial score (nSPS) is 45.2. The van der Waals surface area contributed by atoms with Crippen molar-refractivity contribution in [2.24, 2.45) is 34.5 Å². The molecule has 0 spiro atoms. The van der Waals surface area contributed by atoms with Crippen LogP contribution in [0.1, 0.15) is 91.9 Å². The summed E-state index contributed by atoms with van der Waals surface area (Å²) in [4.78, 5) is 0. The molecule has 4 rings (SSSR count). The molecular weight excluding hydrogens is 370 g/mol. The van der Waals surface area contributed by atoms with Crippen LogP contribution in [0.3, 0.4) is 0 Å². The molecule has 0 aliphatic heterocycles. The summed E-state index contributed by atoms with van der Waals surface area (Å²) in [5.74, 6) is -0.712. The highest BCUT2D eigenvalue weighted by Crippen LogP contribution is 2.66. The maximum absolute atomic E-state index is 14.4. The maximum Gasteiger partial charge on any atom is 0.275 e. The summed E-state index contributed by atoms with van der Waals surface area (Å²) in [7, 11) is 0. The van der Waals surface area contributed by atoms with E-state index in [1.807, 2.05) is 0 Å². The summed E-state index contributed by atoms with van der Waals surface area (Å²) in [6.45, 7) is 7.26. The third-order valence-corrected chi connectivity index (χ3v) is 9.98. The van der Waals surface area contributed by atoms with Gasteiger partial charge < -0.3 is 10.2 Å². The molecule has 0 aromatic carbocycles. The van der Waals surface area contributed by atoms with Crippen molar-refractivity contribution in [2.45, 2.75) is 110 Å². The van der Waals surface area contributed by atoms with Crippen molar-refractivity contribution in [1.82, 2.24) is 0 Å². The molecule has 0 amide bonds. The summed E-state index contributed by atoms with van der Waals surface area (Å²) in [5.41, 5.74) is -0.0725. The van der Waals surface area contributed by atoms with Gasteiger partial charge in [-0.1, -0.05) is 25.5 Å². The lowest BCUT2D eigenvalue weighted by Gasteiger charge is -2.58. The van der Waals surface area contributed by atoms with Crippen molar-refractivity contribution in [1.29, 1.82) is 0 Å². The molecule has 3 saturated carbocycles. The van der Waals surface area contributed by atoms with E-state index in [1.54, 1.807) is 0 Å². The number of hydrogen-bond acceptors (Lipinski definition) is 2. The molecule has 0 aromatic rings. The number of rotatable bonds is 4. The molecule has 4 aliphatic rings. The van der Waals surface area contributed by atoms with Crippen LogP contribution in [0.15, 0.2) is 11.6 Å². The molecule has 4 aliphatic carbocycles. The van der Waals surface area contributed by atoms with E-state index in [2.05, 4.69) is 19.9 Å². The van der Waals surface area contributed by atoms with Crippen LogP contribution in [-0.4, -0.2) is 27.8 Å². The van der Waals surface area contributed by atoms with Gasteiger partial charge in [-0.2, -0.15) is 0 Å². The van der Waals surface area contributed by atoms with Gasteiger partial charge in [-0.3, -0.25) is 0 Å². The van der Waals surface area contributed by atoms with E-state index >= 15 is 0 Å². The molecule has 2 nitrogen and oxygen atoms in total. The first-order chi connectivity index (χ1) is 13.4. The average molecular weight is 411 g/mol. The van der Waals surface area contributed by atoms with Crippen molar-refractivity contribution >= 4 is 0 Å². The van der Waals surface area contributed by atoms with Gasteiger partial charge in [-0.25, -0.2) is 8.78 Å². The fourth-order valence-electron chi connectivity index (χ4n) is 7.89. The number of alkyl halides is 2. The van der Waals surface area contributed by atoms with E-state index in [-0.39, 0.29) is 23.4 Å². The van der Waals surface area contributed by atoms with E-state index in [1.165, 1.54) is 25.8 Å². The van der Waals surface area contributed by atoms with E-state index in [0.717, 1.165) is 44.9 Å². The van der Waals surface area contributed by atoms with Gasteiger partial charge in [-0.05, 0) is 106 Å². The molecule has 0 bridgehead atoms. The zero-order chi connectivity index (χ0) is 21.2. The Balaban J connectivity index is 1.50. The summed E-state index contributed by atoms with van der Waals surface area (Å²) in [6, 6.07) is 0. The van der Waals surface area contributed by atoms with Crippen molar-refractivity contribution in [3.8, 4) is 0 Å². The molecule has 166 valence electrons. The van der Waals surface area contributed by atoms with Crippen LogP contribution >= 0.6 is 0 Å². The predicted molar refractivity (Wildman–Crippen MR) is 112 cm³/mol. The minimum atomic E-state index is -3.03. The van der Waals surface area contributed by atoms with Crippen LogP contribution in [0.4, 0.5) is 8.78 Å². The minimum Gasteiger partial charge on any atom is -0.393 e. The zero-order valence-corrected chi connectivity index (χ0v) is 18.7. The van der Waals surface area contributed by atoms with Gasteiger partial charge in [0.25, 0.3) is 5.92 Å². The SMILES string of the molecule is CC12CCC(O)CC1=CC[C@@H]1C2CC[C@]2(C)C(CCC(F)(F)C(C)(C)O)CCC12. The Morgan fingerprint density at radius 3 is 2.48 bits per heavy atom. The number of aliphatic hydroxyl groups is 2. The number of allylic oxidation sites excluding steroid dienone is 1. The van der Waals surface area contributed by atoms with Crippen LogP contribution in [0.5, 0.6) is 0 Å². The van der Waals surface area contributed by atoms with E-state index in [9.17, 15) is 19.0 Å². The number of aliphatic hydroxyl groups excluding tert-OH is 1. The van der Waals surface area contributed by atoms with E-state index in [0.29, 0.717) is 30.1 Å². The van der Waals surface area contributed by atoms with Crippen LogP contribution in [0, 0.1) is 34.5 Å². The summed E-state index contributed by atoms with van der Waals surface area (Å²) < 4.78 is 28.8. The van der Waals surface area contributed by atoms with Gasteiger partial charge >= 0.3 is 0 Å². The number of fused-ring (bicyclic) bond motifs is 5. The third kappa shape index (κ3) is 3.41. The van der Waals surface area contributed by atoms with Crippen molar-refractivity contribution < 1.29 is 19.0 Å². The first kappa shape index (κ1) is 21.7. The Hall–Kier alpha value is -0.480. The second-order valence-corrected chi connectivity index (χ2v) is 11.8. The fourth-order valence-corrected chi connectivity index (χ4v) is 7.89. The molecule has 2 N–H and O–H groups in total. The van der Waals surface area contributed by atoms with Crippen LogP contribution in [0.2, 0.25) is 0 Å². The Morgan fingerprint density at radius 2 is 1.79 bits per heavy atom. The number of halogens is 2. The fraction of sp³-hybridized carbons (Fsp3) is 0.920. The average Bonchev–Trinajstić information content (AvgIpc) is 2.96. The highest BCUT2D eigenvalue weighted by molar-refractivity contribution is 5.25. The van der Waals surface area contributed by atoms with Crippen molar-refractivity contribution in [3.63, 3.8) is 0 Å². The minimum absolute atomic E-state index is 0.159. The quantitative estimate of drug-likeness (QED) is 0.549. The van der Waals surface area contributed by atoms with Crippen LogP contribution in [0.25, 0.3) is 0 Å². The molecule has 4 heteroatoms. The van der Waals surface area contributed by atoms with E-state index in [4.69, 9.17) is 0 Å². The van der Waals surface area contributed by atoms with Gasteiger partial charge in [-0.15, -0.1) is 0 Å². The van der Waals surface area contributed by atoms with Crippen molar-refractivity contribution in [2.75, 3.05) is 0 Å². The topological polar surface area (TPSA) is 40.5 Å². The highest BCUT2D eigenvalue weighted by Gasteiger charge is 2.59. The third-order valence-electron chi connectivity index (χ3n) is 9.98. The predicted octanol–water partition coefficient (Wildman–Crippen LogP) is 6.11. The molecule has 0 heterocycles. The van der Waals surface area contributed by atoms with Gasteiger partial charge in [0, 0.05) is 6.42 Å². The maximum atomic E-state index is 14.4. The van der Waals surface area contributed by atoms with Gasteiger partial charge in [0.1, 0.15) is 5.60 Å². The monoisotopic (exact) mass is 410 g/mol. The van der Waals surface area contributed by atoms with Crippen LogP contribution in [-0.2, 0) is 0 Å².